The monoisotopic (exact) mass is 258 g/mol. The number of aromatic amines is 1. The summed E-state index contributed by atoms with van der Waals surface area (Å²) in [7, 11) is 1.60. The molecule has 0 unspecified atom stereocenters. The fraction of sp³-hybridized carbons (Fsp3) is 0.143. The van der Waals surface area contributed by atoms with Crippen molar-refractivity contribution in [1.82, 2.24) is 10.3 Å². The van der Waals surface area contributed by atoms with Gasteiger partial charge in [0.2, 0.25) is 5.56 Å². The summed E-state index contributed by atoms with van der Waals surface area (Å²) in [6.45, 7) is 0.398. The summed E-state index contributed by atoms with van der Waals surface area (Å²) in [4.78, 5) is 25.4. The van der Waals surface area contributed by atoms with Crippen LogP contribution in [0.4, 0.5) is 0 Å². The summed E-state index contributed by atoms with van der Waals surface area (Å²) in [5.41, 5.74) is 1.01. The molecule has 0 aliphatic heterocycles. The number of nitrogens with one attached hydrogen (secondary N) is 2. The number of rotatable bonds is 4. The zero-order valence-corrected chi connectivity index (χ0v) is 10.5. The van der Waals surface area contributed by atoms with E-state index in [1.807, 2.05) is 24.3 Å². The molecule has 1 aromatic carbocycles. The molecule has 2 N–H and O–H groups in total. The van der Waals surface area contributed by atoms with Crippen molar-refractivity contribution >= 4 is 5.91 Å². The van der Waals surface area contributed by atoms with E-state index in [1.165, 1.54) is 12.3 Å². The summed E-state index contributed by atoms with van der Waals surface area (Å²) >= 11 is 0. The lowest BCUT2D eigenvalue weighted by atomic mass is 10.2. The van der Waals surface area contributed by atoms with Gasteiger partial charge in [0.15, 0.2) is 0 Å². The van der Waals surface area contributed by atoms with Crippen LogP contribution < -0.4 is 15.6 Å². The molecule has 0 aliphatic carbocycles. The number of hydrogen-bond donors (Lipinski definition) is 2. The molecular weight excluding hydrogens is 244 g/mol. The Kier molecular flexibility index (Phi) is 3.97. The largest absolute Gasteiger partial charge is 0.497 e. The Hall–Kier alpha value is -2.56. The van der Waals surface area contributed by atoms with Gasteiger partial charge in [-0.15, -0.1) is 0 Å². The molecular formula is C14H14N2O3. The van der Waals surface area contributed by atoms with Gasteiger partial charge in [0.05, 0.1) is 7.11 Å². The highest BCUT2D eigenvalue weighted by Gasteiger charge is 2.05. The maximum absolute atomic E-state index is 11.8. The number of aromatic nitrogens is 1. The lowest BCUT2D eigenvalue weighted by Gasteiger charge is -2.06. The number of amides is 1. The lowest BCUT2D eigenvalue weighted by Crippen LogP contribution is -2.24. The van der Waals surface area contributed by atoms with Crippen LogP contribution in [0.2, 0.25) is 0 Å². The van der Waals surface area contributed by atoms with Crippen molar-refractivity contribution in [2.45, 2.75) is 6.54 Å². The van der Waals surface area contributed by atoms with E-state index in [2.05, 4.69) is 10.3 Å². The van der Waals surface area contributed by atoms with Crippen LogP contribution in [-0.4, -0.2) is 18.0 Å². The van der Waals surface area contributed by atoms with Crippen LogP contribution in [0.5, 0.6) is 5.75 Å². The predicted octanol–water partition coefficient (Wildman–Crippen LogP) is 1.31. The molecule has 0 fully saturated rings. The Labute approximate surface area is 110 Å². The third-order valence-electron chi connectivity index (χ3n) is 2.65. The highest BCUT2D eigenvalue weighted by Crippen LogP contribution is 2.11. The Morgan fingerprint density at radius 1 is 1.26 bits per heavy atom. The summed E-state index contributed by atoms with van der Waals surface area (Å²) in [5.74, 6) is 0.492. The van der Waals surface area contributed by atoms with E-state index in [0.717, 1.165) is 11.3 Å². The second kappa shape index (κ2) is 5.86. The van der Waals surface area contributed by atoms with E-state index in [4.69, 9.17) is 4.74 Å². The minimum absolute atomic E-state index is 0.276. The molecule has 0 spiro atoms. The summed E-state index contributed by atoms with van der Waals surface area (Å²) < 4.78 is 5.05. The highest BCUT2D eigenvalue weighted by molar-refractivity contribution is 5.93. The van der Waals surface area contributed by atoms with E-state index in [9.17, 15) is 9.59 Å². The fourth-order valence-electron chi connectivity index (χ4n) is 1.61. The molecule has 19 heavy (non-hydrogen) atoms. The molecule has 2 aromatic rings. The molecule has 0 aliphatic rings. The van der Waals surface area contributed by atoms with Crippen LogP contribution in [0.15, 0.2) is 47.4 Å². The summed E-state index contributed by atoms with van der Waals surface area (Å²) in [6.07, 6.45) is 1.45. The van der Waals surface area contributed by atoms with Gasteiger partial charge in [0.1, 0.15) is 5.75 Å². The highest BCUT2D eigenvalue weighted by atomic mass is 16.5. The molecule has 1 amide bonds. The van der Waals surface area contributed by atoms with Crippen LogP contribution in [-0.2, 0) is 6.54 Å². The van der Waals surface area contributed by atoms with Crippen LogP contribution in [0.1, 0.15) is 15.9 Å². The zero-order valence-electron chi connectivity index (χ0n) is 10.5. The minimum atomic E-state index is -0.294. The quantitative estimate of drug-likeness (QED) is 0.868. The second-order valence-electron chi connectivity index (χ2n) is 3.97. The van der Waals surface area contributed by atoms with Crippen LogP contribution in [0.3, 0.4) is 0 Å². The lowest BCUT2D eigenvalue weighted by molar-refractivity contribution is 0.0950. The summed E-state index contributed by atoms with van der Waals surface area (Å²) in [5, 5.41) is 2.75. The number of carbonyl (C=O) groups excluding carboxylic acids is 1. The van der Waals surface area contributed by atoms with Gasteiger partial charge in [0.25, 0.3) is 5.91 Å². The van der Waals surface area contributed by atoms with Gasteiger partial charge in [-0.05, 0) is 23.8 Å². The number of ether oxygens (including phenoxy) is 1. The molecule has 5 heteroatoms. The average Bonchev–Trinajstić information content (AvgIpc) is 2.45. The van der Waals surface area contributed by atoms with Gasteiger partial charge in [-0.25, -0.2) is 0 Å². The molecule has 2 rings (SSSR count). The van der Waals surface area contributed by atoms with Crippen LogP contribution >= 0.6 is 0 Å². The first-order valence-electron chi connectivity index (χ1n) is 5.79. The Balaban J connectivity index is 1.98. The fourth-order valence-corrected chi connectivity index (χ4v) is 1.61. The van der Waals surface area contributed by atoms with E-state index in [1.54, 1.807) is 13.2 Å². The van der Waals surface area contributed by atoms with Crippen molar-refractivity contribution in [1.29, 1.82) is 0 Å². The number of pyridine rings is 1. The first kappa shape index (κ1) is 12.9. The molecule has 1 heterocycles. The minimum Gasteiger partial charge on any atom is -0.497 e. The first-order chi connectivity index (χ1) is 9.19. The molecule has 0 atom stereocenters. The van der Waals surface area contributed by atoms with Gasteiger partial charge in [-0.2, -0.15) is 0 Å². The normalized spacial score (nSPS) is 9.95. The van der Waals surface area contributed by atoms with Gasteiger partial charge in [0, 0.05) is 24.4 Å². The van der Waals surface area contributed by atoms with E-state index >= 15 is 0 Å². The molecule has 5 nitrogen and oxygen atoms in total. The molecule has 0 bridgehead atoms. The van der Waals surface area contributed by atoms with E-state index < -0.39 is 0 Å². The van der Waals surface area contributed by atoms with Gasteiger partial charge in [-0.1, -0.05) is 12.1 Å². The van der Waals surface area contributed by atoms with Gasteiger partial charge in [-0.3, -0.25) is 9.59 Å². The number of H-pyrrole nitrogens is 1. The van der Waals surface area contributed by atoms with E-state index in [-0.39, 0.29) is 11.5 Å². The topological polar surface area (TPSA) is 71.2 Å². The standard InChI is InChI=1S/C14H14N2O3/c1-19-12-4-2-10(3-5-12)9-16-14(18)11-6-7-15-13(17)8-11/h2-8H,9H2,1H3,(H,15,17)(H,16,18). The van der Waals surface area contributed by atoms with Crippen LogP contribution in [0, 0.1) is 0 Å². The van der Waals surface area contributed by atoms with Crippen LogP contribution in [0.25, 0.3) is 0 Å². The first-order valence-corrected chi connectivity index (χ1v) is 5.79. The molecule has 0 radical (unpaired) electrons. The second-order valence-corrected chi connectivity index (χ2v) is 3.97. The van der Waals surface area contributed by atoms with Crippen molar-refractivity contribution in [2.75, 3.05) is 7.11 Å². The number of carbonyl (C=O) groups is 1. The Morgan fingerprint density at radius 3 is 2.63 bits per heavy atom. The Bertz CT molecular complexity index is 617. The number of hydrogen-bond acceptors (Lipinski definition) is 3. The third kappa shape index (κ3) is 3.45. The van der Waals surface area contributed by atoms with E-state index in [0.29, 0.717) is 12.1 Å². The Morgan fingerprint density at radius 2 is 2.00 bits per heavy atom. The van der Waals surface area contributed by atoms with Crippen molar-refractivity contribution in [2.24, 2.45) is 0 Å². The maximum Gasteiger partial charge on any atom is 0.251 e. The third-order valence-corrected chi connectivity index (χ3v) is 2.65. The zero-order chi connectivity index (χ0) is 13.7. The summed E-state index contributed by atoms with van der Waals surface area (Å²) in [6, 6.07) is 10.2. The van der Waals surface area contributed by atoms with Gasteiger partial charge >= 0.3 is 0 Å². The smallest absolute Gasteiger partial charge is 0.251 e. The molecule has 1 aromatic heterocycles. The number of methoxy groups -OCH3 is 1. The maximum atomic E-state index is 11.8. The predicted molar refractivity (Wildman–Crippen MR) is 71.2 cm³/mol. The molecule has 0 saturated carbocycles. The molecule has 0 saturated heterocycles. The average molecular weight is 258 g/mol. The van der Waals surface area contributed by atoms with Crippen molar-refractivity contribution in [3.05, 3.63) is 64.1 Å². The van der Waals surface area contributed by atoms with Crippen molar-refractivity contribution < 1.29 is 9.53 Å². The molecule has 98 valence electrons. The SMILES string of the molecule is COc1ccc(CNC(=O)c2cc[nH]c(=O)c2)cc1. The van der Waals surface area contributed by atoms with Gasteiger partial charge < -0.3 is 15.0 Å². The number of benzene rings is 1. The van der Waals surface area contributed by atoms with Crippen molar-refractivity contribution in [3.63, 3.8) is 0 Å². The van der Waals surface area contributed by atoms with Crippen molar-refractivity contribution in [3.8, 4) is 5.75 Å².